The lowest BCUT2D eigenvalue weighted by molar-refractivity contribution is 0.812. The van der Waals surface area contributed by atoms with Gasteiger partial charge >= 0.3 is 0 Å². The van der Waals surface area contributed by atoms with E-state index in [2.05, 4.69) is 4.98 Å². The molecular weight excluding hydrogens is 390 g/mol. The van der Waals surface area contributed by atoms with Gasteiger partial charge in [0.2, 0.25) is 0 Å². The number of fused-ring (bicyclic) bond motifs is 1. The Bertz CT molecular complexity index is 1220. The van der Waals surface area contributed by atoms with Gasteiger partial charge in [-0.15, -0.1) is 0 Å². The first-order valence-electron chi connectivity index (χ1n) is 8.86. The summed E-state index contributed by atoms with van der Waals surface area (Å²) in [6.07, 6.45) is 1.77. The van der Waals surface area contributed by atoms with Gasteiger partial charge in [-0.25, -0.2) is 4.98 Å². The highest BCUT2D eigenvalue weighted by atomic mass is 35.5. The number of aryl methyl sites for hydroxylation is 1. The number of halogens is 1. The Kier molecular flexibility index (Phi) is 5.20. The maximum absolute atomic E-state index is 13.4. The van der Waals surface area contributed by atoms with Crippen molar-refractivity contribution in [1.29, 1.82) is 0 Å². The molecule has 0 N–H and O–H groups in total. The Morgan fingerprint density at radius 1 is 1.07 bits per heavy atom. The first kappa shape index (κ1) is 18.7. The van der Waals surface area contributed by atoms with E-state index in [0.29, 0.717) is 26.8 Å². The molecule has 0 saturated carbocycles. The zero-order valence-corrected chi connectivity index (χ0v) is 17.1. The highest BCUT2D eigenvalue weighted by molar-refractivity contribution is 7.98. The summed E-state index contributed by atoms with van der Waals surface area (Å²) in [7, 11) is 0. The van der Waals surface area contributed by atoms with Gasteiger partial charge in [-0.1, -0.05) is 41.6 Å². The fourth-order valence-corrected chi connectivity index (χ4v) is 4.13. The molecule has 0 fully saturated rings. The van der Waals surface area contributed by atoms with Crippen LogP contribution in [0.2, 0.25) is 5.02 Å². The Morgan fingerprint density at radius 3 is 2.71 bits per heavy atom. The molecule has 4 nitrogen and oxygen atoms in total. The summed E-state index contributed by atoms with van der Waals surface area (Å²) in [6, 6.07) is 17.0. The van der Waals surface area contributed by atoms with Gasteiger partial charge in [-0.2, -0.15) is 0 Å². The van der Waals surface area contributed by atoms with Crippen LogP contribution in [0.15, 0.2) is 70.7 Å². The predicted octanol–water partition coefficient (Wildman–Crippen LogP) is 5.34. The van der Waals surface area contributed by atoms with Crippen molar-refractivity contribution in [2.75, 3.05) is 0 Å². The first-order chi connectivity index (χ1) is 13.5. The molecule has 0 aliphatic rings. The van der Waals surface area contributed by atoms with Gasteiger partial charge in [0.1, 0.15) is 0 Å². The van der Waals surface area contributed by atoms with Crippen LogP contribution in [-0.4, -0.2) is 14.5 Å². The molecule has 0 atom stereocenters. The van der Waals surface area contributed by atoms with Crippen LogP contribution in [0, 0.1) is 13.8 Å². The van der Waals surface area contributed by atoms with Crippen molar-refractivity contribution in [1.82, 2.24) is 14.5 Å². The molecule has 4 rings (SSSR count). The van der Waals surface area contributed by atoms with E-state index in [1.165, 1.54) is 11.8 Å². The number of hydrogen-bond donors (Lipinski definition) is 0. The Morgan fingerprint density at radius 2 is 1.93 bits per heavy atom. The summed E-state index contributed by atoms with van der Waals surface area (Å²) in [6.45, 7) is 4.06. The quantitative estimate of drug-likeness (QED) is 0.338. The number of pyridine rings is 1. The summed E-state index contributed by atoms with van der Waals surface area (Å²) in [5.41, 5.74) is 4.46. The van der Waals surface area contributed by atoms with Crippen LogP contribution in [0.4, 0.5) is 0 Å². The van der Waals surface area contributed by atoms with Crippen molar-refractivity contribution < 1.29 is 0 Å². The molecule has 0 saturated heterocycles. The largest absolute Gasteiger partial charge is 0.268 e. The molecule has 0 spiro atoms. The summed E-state index contributed by atoms with van der Waals surface area (Å²) < 4.78 is 1.70. The molecule has 140 valence electrons. The number of nitrogens with zero attached hydrogens (tertiary/aromatic N) is 3. The van der Waals surface area contributed by atoms with Gasteiger partial charge in [0.15, 0.2) is 5.16 Å². The van der Waals surface area contributed by atoms with Gasteiger partial charge in [0.05, 0.1) is 22.3 Å². The molecule has 4 aromatic rings. The Labute approximate surface area is 172 Å². The lowest BCUT2D eigenvalue weighted by Crippen LogP contribution is -2.22. The summed E-state index contributed by atoms with van der Waals surface area (Å²) in [4.78, 5) is 22.5. The van der Waals surface area contributed by atoms with Crippen LogP contribution in [0.25, 0.3) is 16.6 Å². The third-order valence-corrected chi connectivity index (χ3v) is 5.90. The maximum atomic E-state index is 13.4. The van der Waals surface area contributed by atoms with Crippen LogP contribution in [0.1, 0.15) is 16.8 Å². The maximum Gasteiger partial charge on any atom is 0.266 e. The first-order valence-corrected chi connectivity index (χ1v) is 10.2. The summed E-state index contributed by atoms with van der Waals surface area (Å²) in [5.74, 6) is 0.615. The zero-order chi connectivity index (χ0) is 19.7. The fraction of sp³-hybridized carbons (Fsp3) is 0.136. The van der Waals surface area contributed by atoms with E-state index in [-0.39, 0.29) is 5.56 Å². The molecule has 0 aliphatic carbocycles. The standard InChI is InChI=1S/C22H18ClN3OS/c1-14-6-5-8-20(15(14)2)26-21(27)18-10-9-16(23)12-19(18)25-22(26)28-13-17-7-3-4-11-24-17/h3-12H,13H2,1-2H3. The van der Waals surface area contributed by atoms with Crippen molar-refractivity contribution in [2.45, 2.75) is 24.8 Å². The van der Waals surface area contributed by atoms with Gasteiger partial charge < -0.3 is 0 Å². The van der Waals surface area contributed by atoms with Gasteiger partial charge in [-0.3, -0.25) is 14.3 Å². The van der Waals surface area contributed by atoms with Gasteiger partial charge in [0, 0.05) is 17.0 Å². The minimum absolute atomic E-state index is 0.0983. The van der Waals surface area contributed by atoms with E-state index in [9.17, 15) is 4.79 Å². The second-order valence-corrected chi connectivity index (χ2v) is 7.90. The third-order valence-electron chi connectivity index (χ3n) is 4.69. The topological polar surface area (TPSA) is 47.8 Å². The van der Waals surface area contributed by atoms with E-state index >= 15 is 0 Å². The summed E-state index contributed by atoms with van der Waals surface area (Å²) >= 11 is 7.62. The van der Waals surface area contributed by atoms with Crippen molar-refractivity contribution >= 4 is 34.3 Å². The monoisotopic (exact) mass is 407 g/mol. The fourth-order valence-electron chi connectivity index (χ4n) is 3.05. The number of thioether (sulfide) groups is 1. The lowest BCUT2D eigenvalue weighted by atomic mass is 10.1. The molecule has 2 aromatic carbocycles. The molecule has 6 heteroatoms. The molecule has 2 aromatic heterocycles. The van der Waals surface area contributed by atoms with Gasteiger partial charge in [-0.05, 0) is 61.4 Å². The van der Waals surface area contributed by atoms with Crippen molar-refractivity contribution in [3.63, 3.8) is 0 Å². The molecule has 0 bridgehead atoms. The predicted molar refractivity (Wildman–Crippen MR) is 116 cm³/mol. The number of hydrogen-bond acceptors (Lipinski definition) is 4. The molecule has 0 amide bonds. The Hall–Kier alpha value is -2.63. The average Bonchev–Trinajstić information content (AvgIpc) is 2.70. The molecule has 28 heavy (non-hydrogen) atoms. The van der Waals surface area contributed by atoms with Gasteiger partial charge in [0.25, 0.3) is 5.56 Å². The number of rotatable bonds is 4. The highest BCUT2D eigenvalue weighted by Crippen LogP contribution is 2.27. The molecule has 0 aliphatic heterocycles. The van der Waals surface area contributed by atoms with Crippen LogP contribution < -0.4 is 5.56 Å². The number of benzene rings is 2. The minimum Gasteiger partial charge on any atom is -0.268 e. The lowest BCUT2D eigenvalue weighted by Gasteiger charge is -2.16. The molecule has 0 unspecified atom stereocenters. The minimum atomic E-state index is -0.0983. The Balaban J connectivity index is 1.92. The zero-order valence-electron chi connectivity index (χ0n) is 15.5. The van der Waals surface area contributed by atoms with Crippen LogP contribution >= 0.6 is 23.4 Å². The van der Waals surface area contributed by atoms with Crippen LogP contribution in [0.5, 0.6) is 0 Å². The van der Waals surface area contributed by atoms with E-state index in [1.807, 2.05) is 50.2 Å². The second-order valence-electron chi connectivity index (χ2n) is 6.53. The molecule has 0 radical (unpaired) electrons. The normalized spacial score (nSPS) is 11.1. The third kappa shape index (κ3) is 3.55. The highest BCUT2D eigenvalue weighted by Gasteiger charge is 2.16. The van der Waals surface area contributed by atoms with E-state index in [0.717, 1.165) is 22.5 Å². The second kappa shape index (κ2) is 7.78. The van der Waals surface area contributed by atoms with E-state index in [1.54, 1.807) is 29.0 Å². The smallest absolute Gasteiger partial charge is 0.266 e. The summed E-state index contributed by atoms with van der Waals surface area (Å²) in [5, 5.41) is 1.73. The van der Waals surface area contributed by atoms with Crippen molar-refractivity contribution in [3.05, 3.63) is 93.0 Å². The van der Waals surface area contributed by atoms with Crippen LogP contribution in [0.3, 0.4) is 0 Å². The molecule has 2 heterocycles. The number of aromatic nitrogens is 3. The van der Waals surface area contributed by atoms with Crippen molar-refractivity contribution in [2.24, 2.45) is 0 Å². The van der Waals surface area contributed by atoms with E-state index in [4.69, 9.17) is 16.6 Å². The van der Waals surface area contributed by atoms with E-state index < -0.39 is 0 Å². The van der Waals surface area contributed by atoms with Crippen molar-refractivity contribution in [3.8, 4) is 5.69 Å². The van der Waals surface area contributed by atoms with Crippen LogP contribution in [-0.2, 0) is 5.75 Å². The SMILES string of the molecule is Cc1cccc(-n2c(SCc3ccccn3)nc3cc(Cl)ccc3c2=O)c1C. The molecular formula is C22H18ClN3OS. The average molecular weight is 408 g/mol.